The third kappa shape index (κ3) is 5.31. The lowest BCUT2D eigenvalue weighted by Gasteiger charge is -2.16. The number of nitrogens with one attached hydrogen (secondary N) is 1. The summed E-state index contributed by atoms with van der Waals surface area (Å²) in [7, 11) is 1.20. The average molecular weight is 417 g/mol. The zero-order chi connectivity index (χ0) is 21.7. The Morgan fingerprint density at radius 3 is 2.37 bits per heavy atom. The van der Waals surface area contributed by atoms with Crippen molar-refractivity contribution in [2.75, 3.05) is 7.11 Å². The Bertz CT molecular complexity index is 1050. The van der Waals surface area contributed by atoms with Crippen molar-refractivity contribution in [1.29, 1.82) is 0 Å². The molecule has 0 bridgehead atoms. The summed E-state index contributed by atoms with van der Waals surface area (Å²) in [4.78, 5) is 33.2. The van der Waals surface area contributed by atoms with Crippen LogP contribution in [0.1, 0.15) is 16.8 Å². The molecule has 30 heavy (non-hydrogen) atoms. The van der Waals surface area contributed by atoms with Crippen molar-refractivity contribution in [1.82, 2.24) is 15.3 Å². The normalized spacial score (nSPS) is 12.4. The third-order valence-electron chi connectivity index (χ3n) is 4.38. The van der Waals surface area contributed by atoms with E-state index < -0.39 is 29.7 Å². The number of nitrogens with zero attached hydrogens (tertiary/aromatic N) is 2. The van der Waals surface area contributed by atoms with E-state index in [0.29, 0.717) is 22.3 Å². The number of ether oxygens (including phenoxy) is 1. The molecule has 0 aliphatic heterocycles. The minimum absolute atomic E-state index is 0.0588. The Kier molecular flexibility index (Phi) is 6.29. The van der Waals surface area contributed by atoms with Gasteiger partial charge < -0.3 is 10.1 Å². The first kappa shape index (κ1) is 21.2. The molecule has 156 valence electrons. The largest absolute Gasteiger partial charge is 0.467 e. The first-order valence-electron chi connectivity index (χ1n) is 9.00. The Morgan fingerprint density at radius 1 is 1.07 bits per heavy atom. The maximum absolute atomic E-state index is 12.6. The van der Waals surface area contributed by atoms with E-state index in [2.05, 4.69) is 15.3 Å². The first-order chi connectivity index (χ1) is 14.3. The Hall–Kier alpha value is -3.49. The fraction of sp³-hybridized carbons (Fsp3) is 0.238. The second kappa shape index (κ2) is 8.89. The summed E-state index contributed by atoms with van der Waals surface area (Å²) in [5.41, 5.74) is 1.42. The van der Waals surface area contributed by atoms with Crippen LogP contribution >= 0.6 is 0 Å². The Balaban J connectivity index is 1.69. The predicted octanol–water partition coefficient (Wildman–Crippen LogP) is 3.09. The number of esters is 1. The van der Waals surface area contributed by atoms with E-state index in [0.717, 1.165) is 12.1 Å². The zero-order valence-electron chi connectivity index (χ0n) is 15.9. The van der Waals surface area contributed by atoms with Gasteiger partial charge in [-0.25, -0.2) is 9.78 Å². The SMILES string of the molecule is COC(=O)[C@H](Cc1cnc2ccccc2n1)NC(=O)Cc1ccc(C(F)(F)F)cc1. The molecular weight excluding hydrogens is 399 g/mol. The molecule has 3 rings (SSSR count). The molecule has 2 aromatic carbocycles. The molecule has 0 unspecified atom stereocenters. The molecule has 1 atom stereocenters. The van der Waals surface area contributed by atoms with E-state index in [1.807, 2.05) is 12.1 Å². The number of alkyl halides is 3. The molecule has 0 aliphatic rings. The highest BCUT2D eigenvalue weighted by molar-refractivity contribution is 5.85. The summed E-state index contributed by atoms with van der Waals surface area (Å²) in [6, 6.07) is 10.5. The van der Waals surface area contributed by atoms with E-state index in [9.17, 15) is 22.8 Å². The van der Waals surface area contributed by atoms with Crippen LogP contribution in [0.15, 0.2) is 54.7 Å². The molecule has 0 radical (unpaired) electrons. The zero-order valence-corrected chi connectivity index (χ0v) is 15.9. The van der Waals surface area contributed by atoms with Crippen LogP contribution in [0.2, 0.25) is 0 Å². The number of hydrogen-bond donors (Lipinski definition) is 1. The summed E-state index contributed by atoms with van der Waals surface area (Å²) < 4.78 is 42.7. The van der Waals surface area contributed by atoms with Gasteiger partial charge in [-0.05, 0) is 29.8 Å². The standard InChI is InChI=1S/C21H18F3N3O3/c1-30-20(29)18(11-15-12-25-16-4-2-3-5-17(16)26-15)27-19(28)10-13-6-8-14(9-7-13)21(22,23)24/h2-9,12,18H,10-11H2,1H3,(H,27,28)/t18-/m0/s1. The van der Waals surface area contributed by atoms with Crippen molar-refractivity contribution in [3.63, 3.8) is 0 Å². The predicted molar refractivity (Wildman–Crippen MR) is 102 cm³/mol. The molecule has 1 amide bonds. The molecule has 0 saturated heterocycles. The number of fused-ring (bicyclic) bond motifs is 1. The van der Waals surface area contributed by atoms with Gasteiger partial charge >= 0.3 is 12.1 Å². The fourth-order valence-electron chi connectivity index (χ4n) is 2.88. The van der Waals surface area contributed by atoms with Crippen molar-refractivity contribution in [3.05, 3.63) is 71.5 Å². The molecular formula is C21H18F3N3O3. The van der Waals surface area contributed by atoms with Gasteiger partial charge in [-0.15, -0.1) is 0 Å². The van der Waals surface area contributed by atoms with Gasteiger partial charge in [-0.1, -0.05) is 24.3 Å². The second-order valence-corrected chi connectivity index (χ2v) is 6.57. The van der Waals surface area contributed by atoms with Gasteiger partial charge in [0.25, 0.3) is 0 Å². The van der Waals surface area contributed by atoms with Crippen molar-refractivity contribution >= 4 is 22.9 Å². The third-order valence-corrected chi connectivity index (χ3v) is 4.38. The van der Waals surface area contributed by atoms with Crippen LogP contribution in [0.25, 0.3) is 11.0 Å². The average Bonchev–Trinajstić information content (AvgIpc) is 2.72. The molecule has 1 aromatic heterocycles. The van der Waals surface area contributed by atoms with E-state index >= 15 is 0 Å². The topological polar surface area (TPSA) is 81.2 Å². The highest BCUT2D eigenvalue weighted by Crippen LogP contribution is 2.29. The lowest BCUT2D eigenvalue weighted by Crippen LogP contribution is -2.43. The Morgan fingerprint density at radius 2 is 1.73 bits per heavy atom. The quantitative estimate of drug-likeness (QED) is 0.624. The molecule has 9 heteroatoms. The number of para-hydroxylation sites is 2. The number of methoxy groups -OCH3 is 1. The molecule has 0 saturated carbocycles. The van der Waals surface area contributed by atoms with Gasteiger partial charge in [-0.2, -0.15) is 13.2 Å². The second-order valence-electron chi connectivity index (χ2n) is 6.57. The van der Waals surface area contributed by atoms with Crippen LogP contribution in [-0.4, -0.2) is 35.0 Å². The number of hydrogen-bond acceptors (Lipinski definition) is 5. The van der Waals surface area contributed by atoms with Gasteiger partial charge in [-0.3, -0.25) is 9.78 Å². The number of amides is 1. The summed E-state index contributed by atoms with van der Waals surface area (Å²) >= 11 is 0. The molecule has 3 aromatic rings. The van der Waals surface area contributed by atoms with Crippen molar-refractivity contribution in [2.24, 2.45) is 0 Å². The Labute approximate surface area is 170 Å². The maximum atomic E-state index is 12.6. The number of carbonyl (C=O) groups is 2. The number of benzene rings is 2. The van der Waals surface area contributed by atoms with Crippen LogP contribution in [0.3, 0.4) is 0 Å². The molecule has 0 aliphatic carbocycles. The highest BCUT2D eigenvalue weighted by Gasteiger charge is 2.30. The number of aromatic nitrogens is 2. The van der Waals surface area contributed by atoms with E-state index in [1.165, 1.54) is 25.4 Å². The van der Waals surface area contributed by atoms with Crippen LogP contribution in [-0.2, 0) is 33.3 Å². The highest BCUT2D eigenvalue weighted by atomic mass is 19.4. The monoisotopic (exact) mass is 417 g/mol. The van der Waals surface area contributed by atoms with Crippen LogP contribution < -0.4 is 5.32 Å². The van der Waals surface area contributed by atoms with Gasteiger partial charge in [0.2, 0.25) is 5.91 Å². The molecule has 1 heterocycles. The van der Waals surface area contributed by atoms with Gasteiger partial charge in [0.1, 0.15) is 6.04 Å². The molecule has 0 fully saturated rings. The summed E-state index contributed by atoms with van der Waals surface area (Å²) in [6.45, 7) is 0. The summed E-state index contributed by atoms with van der Waals surface area (Å²) in [5.74, 6) is -1.19. The summed E-state index contributed by atoms with van der Waals surface area (Å²) in [6.07, 6.45) is -3.06. The first-order valence-corrected chi connectivity index (χ1v) is 9.00. The van der Waals surface area contributed by atoms with Gasteiger partial charge in [0.15, 0.2) is 0 Å². The molecule has 1 N–H and O–H groups in total. The maximum Gasteiger partial charge on any atom is 0.416 e. The summed E-state index contributed by atoms with van der Waals surface area (Å²) in [5, 5.41) is 2.55. The molecule has 0 spiro atoms. The van der Waals surface area contributed by atoms with E-state index in [1.54, 1.807) is 12.1 Å². The number of halogens is 3. The van der Waals surface area contributed by atoms with Crippen LogP contribution in [0, 0.1) is 0 Å². The van der Waals surface area contributed by atoms with Gasteiger partial charge in [0.05, 0.1) is 35.8 Å². The van der Waals surface area contributed by atoms with E-state index in [4.69, 9.17) is 4.74 Å². The lowest BCUT2D eigenvalue weighted by atomic mass is 10.1. The number of carbonyl (C=O) groups excluding carboxylic acids is 2. The minimum Gasteiger partial charge on any atom is -0.467 e. The van der Waals surface area contributed by atoms with Crippen LogP contribution in [0.4, 0.5) is 13.2 Å². The smallest absolute Gasteiger partial charge is 0.416 e. The molecule has 6 nitrogen and oxygen atoms in total. The van der Waals surface area contributed by atoms with Gasteiger partial charge in [0, 0.05) is 12.6 Å². The van der Waals surface area contributed by atoms with Crippen molar-refractivity contribution in [3.8, 4) is 0 Å². The lowest BCUT2D eigenvalue weighted by molar-refractivity contribution is -0.145. The van der Waals surface area contributed by atoms with Crippen molar-refractivity contribution < 1.29 is 27.5 Å². The van der Waals surface area contributed by atoms with Crippen LogP contribution in [0.5, 0.6) is 0 Å². The fourth-order valence-corrected chi connectivity index (χ4v) is 2.88. The van der Waals surface area contributed by atoms with Crippen molar-refractivity contribution in [2.45, 2.75) is 25.1 Å². The van der Waals surface area contributed by atoms with E-state index in [-0.39, 0.29) is 12.8 Å². The minimum atomic E-state index is -4.45. The number of rotatable bonds is 6.